The summed E-state index contributed by atoms with van der Waals surface area (Å²) in [7, 11) is 0. The van der Waals surface area contributed by atoms with E-state index >= 15 is 0 Å². The molecule has 3 N–H and O–H groups in total. The molecule has 0 saturated heterocycles. The molecule has 114 valence electrons. The molecule has 4 heteroatoms. The van der Waals surface area contributed by atoms with Crippen LogP contribution in [0.4, 0.5) is 0 Å². The summed E-state index contributed by atoms with van der Waals surface area (Å²) < 4.78 is 0. The highest BCUT2D eigenvalue weighted by molar-refractivity contribution is 7.80. The zero-order valence-corrected chi connectivity index (χ0v) is 13.3. The molecule has 1 fully saturated rings. The molecule has 3 nitrogen and oxygen atoms in total. The fraction of sp³-hybridized carbons (Fsp3) is 0.529. The predicted molar refractivity (Wildman–Crippen MR) is 90.2 cm³/mol. The first-order valence-electron chi connectivity index (χ1n) is 7.80. The van der Waals surface area contributed by atoms with Crippen LogP contribution < -0.4 is 11.1 Å². The SMILES string of the molecule is NC(=S)c1ccc(CC(=O)NCCCC2CCCC2)cc1. The number of thiocarbonyl (C=S) groups is 1. The first kappa shape index (κ1) is 16.0. The van der Waals surface area contributed by atoms with E-state index in [1.165, 1.54) is 32.1 Å². The van der Waals surface area contributed by atoms with E-state index in [9.17, 15) is 4.79 Å². The summed E-state index contributed by atoms with van der Waals surface area (Å²) in [5, 5.41) is 3.00. The number of carbonyl (C=O) groups excluding carboxylic acids is 1. The Balaban J connectivity index is 1.65. The van der Waals surface area contributed by atoms with Crippen molar-refractivity contribution in [1.82, 2.24) is 5.32 Å². The lowest BCUT2D eigenvalue weighted by molar-refractivity contribution is -0.120. The van der Waals surface area contributed by atoms with Gasteiger partial charge < -0.3 is 11.1 Å². The quantitative estimate of drug-likeness (QED) is 0.601. The van der Waals surface area contributed by atoms with Crippen LogP contribution in [0.1, 0.15) is 49.7 Å². The van der Waals surface area contributed by atoms with E-state index in [0.717, 1.165) is 30.0 Å². The van der Waals surface area contributed by atoms with Crippen LogP contribution in [0.25, 0.3) is 0 Å². The van der Waals surface area contributed by atoms with E-state index in [1.807, 2.05) is 24.3 Å². The Labute approximate surface area is 132 Å². The number of hydrogen-bond donors (Lipinski definition) is 2. The molecule has 1 aliphatic carbocycles. The average molecular weight is 304 g/mol. The summed E-state index contributed by atoms with van der Waals surface area (Å²) in [5.41, 5.74) is 7.38. The topological polar surface area (TPSA) is 55.1 Å². The van der Waals surface area contributed by atoms with E-state index < -0.39 is 0 Å². The van der Waals surface area contributed by atoms with Crippen LogP contribution in [0, 0.1) is 5.92 Å². The molecule has 1 aromatic carbocycles. The normalized spacial score (nSPS) is 15.0. The molecule has 1 amide bonds. The van der Waals surface area contributed by atoms with Crippen LogP contribution in [-0.2, 0) is 11.2 Å². The van der Waals surface area contributed by atoms with Gasteiger partial charge in [-0.2, -0.15) is 0 Å². The Bertz CT molecular complexity index is 478. The Kier molecular flexibility index (Phi) is 6.18. The fourth-order valence-corrected chi connectivity index (χ4v) is 3.09. The smallest absolute Gasteiger partial charge is 0.224 e. The first-order valence-corrected chi connectivity index (χ1v) is 8.21. The maximum atomic E-state index is 11.9. The zero-order valence-electron chi connectivity index (χ0n) is 12.4. The molecule has 0 heterocycles. The molecule has 0 aromatic heterocycles. The third-order valence-corrected chi connectivity index (χ3v) is 4.42. The predicted octanol–water partition coefficient (Wildman–Crippen LogP) is 2.95. The average Bonchev–Trinajstić information content (AvgIpc) is 2.97. The molecule has 0 unspecified atom stereocenters. The largest absolute Gasteiger partial charge is 0.389 e. The summed E-state index contributed by atoms with van der Waals surface area (Å²) in [4.78, 5) is 12.3. The minimum atomic E-state index is 0.0875. The van der Waals surface area contributed by atoms with Crippen molar-refractivity contribution in [1.29, 1.82) is 0 Å². The molecule has 0 spiro atoms. The maximum Gasteiger partial charge on any atom is 0.224 e. The van der Waals surface area contributed by atoms with Gasteiger partial charge >= 0.3 is 0 Å². The monoisotopic (exact) mass is 304 g/mol. The number of rotatable bonds is 7. The van der Waals surface area contributed by atoms with Crippen molar-refractivity contribution in [2.75, 3.05) is 6.54 Å². The van der Waals surface area contributed by atoms with Crippen molar-refractivity contribution < 1.29 is 4.79 Å². The molecular weight excluding hydrogens is 280 g/mol. The Morgan fingerprint density at radius 3 is 2.52 bits per heavy atom. The minimum Gasteiger partial charge on any atom is -0.389 e. The second-order valence-electron chi connectivity index (χ2n) is 5.88. The van der Waals surface area contributed by atoms with Gasteiger partial charge in [-0.1, -0.05) is 62.2 Å². The number of nitrogens with one attached hydrogen (secondary N) is 1. The van der Waals surface area contributed by atoms with Gasteiger partial charge in [-0.3, -0.25) is 4.79 Å². The highest BCUT2D eigenvalue weighted by atomic mass is 32.1. The van der Waals surface area contributed by atoms with Crippen LogP contribution >= 0.6 is 12.2 Å². The third-order valence-electron chi connectivity index (χ3n) is 4.19. The van der Waals surface area contributed by atoms with E-state index in [0.29, 0.717) is 11.4 Å². The van der Waals surface area contributed by atoms with Gasteiger partial charge in [0.05, 0.1) is 6.42 Å². The van der Waals surface area contributed by atoms with Crippen molar-refractivity contribution in [2.24, 2.45) is 11.7 Å². The van der Waals surface area contributed by atoms with Gasteiger partial charge in [-0.05, 0) is 24.3 Å². The summed E-state index contributed by atoms with van der Waals surface area (Å²) in [6.45, 7) is 0.792. The summed E-state index contributed by atoms with van der Waals surface area (Å²) in [6.07, 6.45) is 8.30. The van der Waals surface area contributed by atoms with Gasteiger partial charge in [0.15, 0.2) is 0 Å². The number of carbonyl (C=O) groups is 1. The third kappa shape index (κ3) is 5.46. The Hall–Kier alpha value is -1.42. The van der Waals surface area contributed by atoms with E-state index in [2.05, 4.69) is 5.32 Å². The number of benzene rings is 1. The van der Waals surface area contributed by atoms with Gasteiger partial charge in [0, 0.05) is 12.1 Å². The Morgan fingerprint density at radius 2 is 1.90 bits per heavy atom. The molecular formula is C17H24N2OS. The molecule has 1 aromatic rings. The van der Waals surface area contributed by atoms with Crippen molar-refractivity contribution in [3.63, 3.8) is 0 Å². The second-order valence-corrected chi connectivity index (χ2v) is 6.32. The molecule has 1 aliphatic rings. The standard InChI is InChI=1S/C17H24N2OS/c18-17(21)15-9-7-14(8-10-15)12-16(20)19-11-3-6-13-4-1-2-5-13/h7-10,13H,1-6,11-12H2,(H2,18,21)(H,19,20). The summed E-state index contributed by atoms with van der Waals surface area (Å²) in [6, 6.07) is 7.55. The lowest BCUT2D eigenvalue weighted by Gasteiger charge is -2.09. The van der Waals surface area contributed by atoms with Gasteiger partial charge in [-0.25, -0.2) is 0 Å². The van der Waals surface area contributed by atoms with E-state index in [1.54, 1.807) is 0 Å². The van der Waals surface area contributed by atoms with E-state index in [-0.39, 0.29) is 5.91 Å². The van der Waals surface area contributed by atoms with Crippen molar-refractivity contribution >= 4 is 23.1 Å². The van der Waals surface area contributed by atoms with Crippen LogP contribution in [0.15, 0.2) is 24.3 Å². The minimum absolute atomic E-state index is 0.0875. The molecule has 21 heavy (non-hydrogen) atoms. The van der Waals surface area contributed by atoms with Crippen molar-refractivity contribution in [3.05, 3.63) is 35.4 Å². The van der Waals surface area contributed by atoms with Crippen LogP contribution in [0.5, 0.6) is 0 Å². The second kappa shape index (κ2) is 8.13. The highest BCUT2D eigenvalue weighted by Gasteiger charge is 2.14. The molecule has 0 atom stereocenters. The molecule has 0 bridgehead atoms. The molecule has 0 radical (unpaired) electrons. The van der Waals surface area contributed by atoms with Gasteiger partial charge in [-0.15, -0.1) is 0 Å². The first-order chi connectivity index (χ1) is 10.1. The maximum absolute atomic E-state index is 11.9. The number of amides is 1. The van der Waals surface area contributed by atoms with Crippen LogP contribution in [0.3, 0.4) is 0 Å². The lowest BCUT2D eigenvalue weighted by atomic mass is 10.0. The molecule has 2 rings (SSSR count). The zero-order chi connectivity index (χ0) is 15.1. The number of hydrogen-bond acceptors (Lipinski definition) is 2. The lowest BCUT2D eigenvalue weighted by Crippen LogP contribution is -2.26. The number of nitrogens with two attached hydrogens (primary N) is 1. The fourth-order valence-electron chi connectivity index (χ4n) is 2.95. The molecule has 0 aliphatic heterocycles. The van der Waals surface area contributed by atoms with Gasteiger partial charge in [0.25, 0.3) is 0 Å². The summed E-state index contributed by atoms with van der Waals surface area (Å²) >= 11 is 4.91. The van der Waals surface area contributed by atoms with Crippen molar-refractivity contribution in [3.8, 4) is 0 Å². The van der Waals surface area contributed by atoms with Crippen molar-refractivity contribution in [2.45, 2.75) is 44.9 Å². The Morgan fingerprint density at radius 1 is 1.24 bits per heavy atom. The van der Waals surface area contributed by atoms with Crippen LogP contribution in [0.2, 0.25) is 0 Å². The highest BCUT2D eigenvalue weighted by Crippen LogP contribution is 2.28. The van der Waals surface area contributed by atoms with E-state index in [4.69, 9.17) is 18.0 Å². The van der Waals surface area contributed by atoms with Gasteiger partial charge in [0.2, 0.25) is 5.91 Å². The van der Waals surface area contributed by atoms with Crippen LogP contribution in [-0.4, -0.2) is 17.4 Å². The summed E-state index contributed by atoms with van der Waals surface area (Å²) in [5.74, 6) is 0.985. The van der Waals surface area contributed by atoms with Gasteiger partial charge in [0.1, 0.15) is 4.99 Å². The molecule has 1 saturated carbocycles.